The minimum Gasteiger partial charge on any atom is -0.344 e. The smallest absolute Gasteiger partial charge is 0.264 e. The van der Waals surface area contributed by atoms with Crippen LogP contribution in [0.4, 0.5) is 0 Å². The number of nitrogens with one attached hydrogen (secondary N) is 1. The average Bonchev–Trinajstić information content (AvgIpc) is 3.48. The molecule has 0 saturated heterocycles. The first-order valence-electron chi connectivity index (χ1n) is 13.2. The molecule has 0 saturated carbocycles. The third kappa shape index (κ3) is 4.66. The summed E-state index contributed by atoms with van der Waals surface area (Å²) in [5, 5.41) is 13.1. The van der Waals surface area contributed by atoms with Crippen LogP contribution in [0, 0.1) is 25.7 Å². The number of aromatic nitrogens is 6. The number of carbonyl (C=O) groups excluding carboxylic acids is 1. The van der Waals surface area contributed by atoms with Gasteiger partial charge < -0.3 is 5.32 Å². The van der Waals surface area contributed by atoms with Crippen molar-refractivity contribution in [3.05, 3.63) is 123 Å². The largest absolute Gasteiger partial charge is 0.344 e. The number of rotatable bonds is 4. The number of amides is 1. The van der Waals surface area contributed by atoms with E-state index in [1.807, 2.05) is 81.7 Å². The van der Waals surface area contributed by atoms with Gasteiger partial charge in [0.2, 0.25) is 0 Å². The van der Waals surface area contributed by atoms with E-state index in [-0.39, 0.29) is 11.5 Å². The summed E-state index contributed by atoms with van der Waals surface area (Å²) < 4.78 is 4.95. The second-order valence-corrected chi connectivity index (χ2v) is 9.91. The number of carbonyl (C=O) groups is 1. The van der Waals surface area contributed by atoms with Gasteiger partial charge in [0.1, 0.15) is 5.56 Å². The van der Waals surface area contributed by atoms with Crippen molar-refractivity contribution in [2.45, 2.75) is 26.8 Å². The van der Waals surface area contributed by atoms with Crippen molar-refractivity contribution in [1.29, 1.82) is 0 Å². The van der Waals surface area contributed by atoms with Crippen LogP contribution in [-0.2, 0) is 7.05 Å². The molecule has 202 valence electrons. The first-order valence-corrected chi connectivity index (χ1v) is 13.2. The van der Waals surface area contributed by atoms with Crippen LogP contribution < -0.4 is 10.9 Å². The van der Waals surface area contributed by atoms with Gasteiger partial charge in [0.05, 0.1) is 28.4 Å². The Bertz CT molecular complexity index is 2070. The van der Waals surface area contributed by atoms with E-state index in [1.165, 1.54) is 0 Å². The van der Waals surface area contributed by atoms with Gasteiger partial charge in [-0.3, -0.25) is 18.8 Å². The van der Waals surface area contributed by atoms with E-state index in [4.69, 9.17) is 0 Å². The van der Waals surface area contributed by atoms with Crippen molar-refractivity contribution < 1.29 is 4.79 Å². The van der Waals surface area contributed by atoms with Crippen LogP contribution in [0.1, 0.15) is 51.5 Å². The number of fused-ring (bicyclic) bond motifs is 2. The fourth-order valence-corrected chi connectivity index (χ4v) is 5.11. The Morgan fingerprint density at radius 3 is 2.49 bits per heavy atom. The molecular weight excluding hydrogens is 514 g/mol. The van der Waals surface area contributed by atoms with E-state index >= 15 is 0 Å². The Labute approximate surface area is 236 Å². The summed E-state index contributed by atoms with van der Waals surface area (Å²) in [7, 11) is 1.85. The second kappa shape index (κ2) is 10.2. The topological polar surface area (TPSA) is 99.1 Å². The van der Waals surface area contributed by atoms with Crippen molar-refractivity contribution in [3.63, 3.8) is 0 Å². The summed E-state index contributed by atoms with van der Waals surface area (Å²) in [5.74, 6) is 6.06. The normalized spacial score (nSPS) is 11.8. The fourth-order valence-electron chi connectivity index (χ4n) is 5.11. The van der Waals surface area contributed by atoms with Gasteiger partial charge in [-0.1, -0.05) is 42.2 Å². The maximum atomic E-state index is 14.2. The summed E-state index contributed by atoms with van der Waals surface area (Å²) >= 11 is 0. The van der Waals surface area contributed by atoms with Crippen LogP contribution in [0.15, 0.2) is 84.0 Å². The molecule has 0 aliphatic carbocycles. The van der Waals surface area contributed by atoms with Crippen molar-refractivity contribution in [1.82, 2.24) is 34.3 Å². The molecule has 4 aromatic heterocycles. The van der Waals surface area contributed by atoms with Crippen molar-refractivity contribution in [2.75, 3.05) is 0 Å². The number of para-hydroxylation sites is 1. The third-order valence-electron chi connectivity index (χ3n) is 7.02. The van der Waals surface area contributed by atoms with Gasteiger partial charge in [0, 0.05) is 42.6 Å². The van der Waals surface area contributed by atoms with Gasteiger partial charge in [-0.25, -0.2) is 9.50 Å². The quantitative estimate of drug-likeness (QED) is 0.336. The highest BCUT2D eigenvalue weighted by atomic mass is 16.2. The first kappa shape index (κ1) is 25.8. The number of benzene rings is 2. The third-order valence-corrected chi connectivity index (χ3v) is 7.02. The lowest BCUT2D eigenvalue weighted by molar-refractivity contribution is 0.0939. The zero-order valence-electron chi connectivity index (χ0n) is 23.1. The Balaban J connectivity index is 1.48. The standard InChI is InChI=1S/C32H27N7O2/c1-20-25(19-37(4)35-20)15-14-23-10-8-11-24-18-27(39(32(41)29(23)24)26-12-6-5-7-13-26)21(2)34-31(40)28-22(3)36-38-17-9-16-33-30(28)38/h5-13,16-19,21H,1-4H3,(H,34,40)/t21-/m1/s1. The molecule has 9 nitrogen and oxygen atoms in total. The molecule has 6 rings (SSSR count). The van der Waals surface area contributed by atoms with Crippen molar-refractivity contribution >= 4 is 22.3 Å². The molecule has 1 atom stereocenters. The summed E-state index contributed by atoms with van der Waals surface area (Å²) in [5.41, 5.74) is 4.80. The van der Waals surface area contributed by atoms with Crippen molar-refractivity contribution in [3.8, 4) is 17.5 Å². The predicted octanol–water partition coefficient (Wildman–Crippen LogP) is 4.27. The van der Waals surface area contributed by atoms with Gasteiger partial charge in [-0.15, -0.1) is 0 Å². The van der Waals surface area contributed by atoms with Gasteiger partial charge in [0.15, 0.2) is 5.65 Å². The Kier molecular flexibility index (Phi) is 6.44. The number of pyridine rings is 1. The Morgan fingerprint density at radius 2 is 1.73 bits per heavy atom. The molecule has 6 aromatic rings. The van der Waals surface area contributed by atoms with Crippen LogP contribution in [0.3, 0.4) is 0 Å². The SMILES string of the molecule is Cc1nn(C)cc1C#Cc1cccc2cc([C@@H](C)NC(=O)c3c(C)nn4cccnc34)n(-c3ccccc3)c(=O)c12. The van der Waals surface area contributed by atoms with Crippen LogP contribution in [-0.4, -0.2) is 34.9 Å². The van der Waals surface area contributed by atoms with E-state index in [0.717, 1.165) is 16.6 Å². The molecule has 0 unspecified atom stereocenters. The fraction of sp³-hybridized carbons (Fsp3) is 0.156. The highest BCUT2D eigenvalue weighted by Gasteiger charge is 2.23. The van der Waals surface area contributed by atoms with E-state index < -0.39 is 6.04 Å². The molecule has 1 N–H and O–H groups in total. The van der Waals surface area contributed by atoms with E-state index in [2.05, 4.69) is 32.3 Å². The molecule has 0 bridgehead atoms. The van der Waals surface area contributed by atoms with Crippen LogP contribution in [0.2, 0.25) is 0 Å². The second-order valence-electron chi connectivity index (χ2n) is 9.91. The molecule has 4 heterocycles. The maximum Gasteiger partial charge on any atom is 0.264 e. The van der Waals surface area contributed by atoms with Gasteiger partial charge in [-0.05, 0) is 56.5 Å². The summed E-state index contributed by atoms with van der Waals surface area (Å²) in [6.07, 6.45) is 5.24. The molecular formula is C32H27N7O2. The lowest BCUT2D eigenvalue weighted by Gasteiger charge is -2.21. The minimum absolute atomic E-state index is 0.216. The maximum absolute atomic E-state index is 14.2. The summed E-state index contributed by atoms with van der Waals surface area (Å²) in [4.78, 5) is 32.1. The number of nitrogens with zero attached hydrogens (tertiary/aromatic N) is 6. The van der Waals surface area contributed by atoms with Crippen LogP contribution >= 0.6 is 0 Å². The highest BCUT2D eigenvalue weighted by molar-refractivity contribution is 6.01. The highest BCUT2D eigenvalue weighted by Crippen LogP contribution is 2.24. The monoisotopic (exact) mass is 541 g/mol. The molecule has 0 aliphatic heterocycles. The molecule has 0 aliphatic rings. The predicted molar refractivity (Wildman–Crippen MR) is 157 cm³/mol. The van der Waals surface area contributed by atoms with Crippen LogP contribution in [0.25, 0.3) is 22.1 Å². The number of hydrogen-bond donors (Lipinski definition) is 1. The summed E-state index contributed by atoms with van der Waals surface area (Å²) in [6, 6.07) is 18.2. The van der Waals surface area contributed by atoms with Crippen LogP contribution in [0.5, 0.6) is 0 Å². The molecule has 41 heavy (non-hydrogen) atoms. The molecule has 0 fully saturated rings. The Morgan fingerprint density at radius 1 is 0.951 bits per heavy atom. The number of aryl methyl sites for hydroxylation is 3. The lowest BCUT2D eigenvalue weighted by Crippen LogP contribution is -2.32. The lowest BCUT2D eigenvalue weighted by atomic mass is 10.0. The molecule has 0 radical (unpaired) electrons. The van der Waals surface area contributed by atoms with E-state index in [1.54, 1.807) is 39.1 Å². The molecule has 0 spiro atoms. The molecule has 1 amide bonds. The van der Waals surface area contributed by atoms with E-state index in [9.17, 15) is 9.59 Å². The molecule has 9 heteroatoms. The Hall–Kier alpha value is -5.49. The van der Waals surface area contributed by atoms with Gasteiger partial charge in [0.25, 0.3) is 11.5 Å². The number of hydrogen-bond acceptors (Lipinski definition) is 5. The first-order chi connectivity index (χ1) is 19.8. The summed E-state index contributed by atoms with van der Waals surface area (Å²) in [6.45, 7) is 5.54. The molecule has 2 aromatic carbocycles. The average molecular weight is 542 g/mol. The van der Waals surface area contributed by atoms with Gasteiger partial charge >= 0.3 is 0 Å². The zero-order valence-corrected chi connectivity index (χ0v) is 23.1. The van der Waals surface area contributed by atoms with Crippen molar-refractivity contribution in [2.24, 2.45) is 7.05 Å². The van der Waals surface area contributed by atoms with E-state index in [0.29, 0.717) is 39.2 Å². The zero-order chi connectivity index (χ0) is 28.7. The van der Waals surface area contributed by atoms with Gasteiger partial charge in [-0.2, -0.15) is 10.2 Å². The minimum atomic E-state index is -0.523.